The lowest BCUT2D eigenvalue weighted by molar-refractivity contribution is 0.869. The molecule has 0 fully saturated rings. The van der Waals surface area contributed by atoms with Crippen LogP contribution in [0.5, 0.6) is 0 Å². The van der Waals surface area contributed by atoms with E-state index in [1.165, 1.54) is 10.3 Å². The first kappa shape index (κ1) is 11.2. The quantitative estimate of drug-likeness (QED) is 0.673. The third kappa shape index (κ3) is 2.32. The van der Waals surface area contributed by atoms with Gasteiger partial charge in [0.05, 0.1) is 15.7 Å². The summed E-state index contributed by atoms with van der Waals surface area (Å²) >= 11 is 1.71. The molecule has 0 amide bonds. The Morgan fingerprint density at radius 2 is 1.93 bits per heavy atom. The molecule has 0 unspecified atom stereocenters. The number of nitrogens with zero attached hydrogens (tertiary/aromatic N) is 1. The zero-order valence-electron chi connectivity index (χ0n) is 9.24. The number of fused-ring (bicyclic) bond motifs is 1. The number of thiazole rings is 1. The van der Waals surface area contributed by atoms with Gasteiger partial charge in [0.1, 0.15) is 0 Å². The zero-order valence-corrected chi connectivity index (χ0v) is 10.1. The largest absolute Gasteiger partial charge is 0.245 e. The summed E-state index contributed by atoms with van der Waals surface area (Å²) in [5, 5.41) is 0. The van der Waals surface area contributed by atoms with Gasteiger partial charge in [-0.15, -0.1) is 11.3 Å². The fraction of sp³-hybridized carbons (Fsp3) is 0.417. The Morgan fingerprint density at radius 3 is 2.57 bits per heavy atom. The van der Waals surface area contributed by atoms with Crippen LogP contribution in [0.15, 0.2) is 23.7 Å². The van der Waals surface area contributed by atoms with E-state index in [4.69, 9.17) is 0 Å². The minimum Gasteiger partial charge on any atom is -0.245 e. The topological polar surface area (TPSA) is 12.9 Å². The van der Waals surface area contributed by atoms with Gasteiger partial charge in [-0.25, -0.2) is 4.98 Å². The van der Waals surface area contributed by atoms with E-state index in [1.807, 2.05) is 19.4 Å². The molecule has 0 spiro atoms. The Morgan fingerprint density at radius 1 is 1.21 bits per heavy atom. The number of hydrogen-bond acceptors (Lipinski definition) is 2. The molecular weight excluding hydrogens is 190 g/mol. The van der Waals surface area contributed by atoms with Crippen LogP contribution in [0.2, 0.25) is 0 Å². The van der Waals surface area contributed by atoms with Gasteiger partial charge in [0.2, 0.25) is 0 Å². The van der Waals surface area contributed by atoms with Gasteiger partial charge in [0, 0.05) is 0 Å². The minimum absolute atomic E-state index is 0.608. The van der Waals surface area contributed by atoms with Crippen molar-refractivity contribution in [2.45, 2.75) is 33.6 Å². The van der Waals surface area contributed by atoms with Gasteiger partial charge in [-0.05, 0) is 23.6 Å². The van der Waals surface area contributed by atoms with Crippen LogP contribution in [0.25, 0.3) is 10.2 Å². The molecule has 0 saturated carbocycles. The van der Waals surface area contributed by atoms with Gasteiger partial charge < -0.3 is 0 Å². The maximum absolute atomic E-state index is 4.24. The Labute approximate surface area is 89.8 Å². The van der Waals surface area contributed by atoms with Gasteiger partial charge in [0.15, 0.2) is 0 Å². The number of aromatic nitrogens is 1. The second-order valence-corrected chi connectivity index (χ2v) is 4.12. The molecular formula is C12H17NS. The van der Waals surface area contributed by atoms with Crippen molar-refractivity contribution in [2.24, 2.45) is 0 Å². The van der Waals surface area contributed by atoms with Crippen molar-refractivity contribution in [3.8, 4) is 0 Å². The SMILES string of the molecule is CC.CC(C)c1ccc2ncsc2c1. The van der Waals surface area contributed by atoms with E-state index in [0.717, 1.165) is 5.52 Å². The molecule has 14 heavy (non-hydrogen) atoms. The third-order valence-corrected chi connectivity index (χ3v) is 2.81. The lowest BCUT2D eigenvalue weighted by Gasteiger charge is -2.03. The van der Waals surface area contributed by atoms with E-state index >= 15 is 0 Å². The van der Waals surface area contributed by atoms with Crippen molar-refractivity contribution in [3.05, 3.63) is 29.3 Å². The molecule has 0 N–H and O–H groups in total. The van der Waals surface area contributed by atoms with Crippen molar-refractivity contribution in [1.82, 2.24) is 4.98 Å². The van der Waals surface area contributed by atoms with Crippen molar-refractivity contribution in [2.75, 3.05) is 0 Å². The van der Waals surface area contributed by atoms with Gasteiger partial charge in [0.25, 0.3) is 0 Å². The van der Waals surface area contributed by atoms with E-state index in [0.29, 0.717) is 5.92 Å². The smallest absolute Gasteiger partial charge is 0.0812 e. The standard InChI is InChI=1S/C10H11NS.C2H6/c1-7(2)8-3-4-9-10(5-8)12-6-11-9;1-2/h3-7H,1-2H3;1-2H3. The van der Waals surface area contributed by atoms with Crippen LogP contribution in [0.4, 0.5) is 0 Å². The molecule has 1 heterocycles. The molecule has 76 valence electrons. The lowest BCUT2D eigenvalue weighted by Crippen LogP contribution is -1.84. The third-order valence-electron chi connectivity index (χ3n) is 2.02. The van der Waals surface area contributed by atoms with E-state index in [9.17, 15) is 0 Å². The summed E-state index contributed by atoms with van der Waals surface area (Å²) in [4.78, 5) is 4.24. The van der Waals surface area contributed by atoms with Crippen molar-refractivity contribution < 1.29 is 0 Å². The van der Waals surface area contributed by atoms with Crippen LogP contribution < -0.4 is 0 Å². The van der Waals surface area contributed by atoms with Gasteiger partial charge >= 0.3 is 0 Å². The highest BCUT2D eigenvalue weighted by atomic mass is 32.1. The van der Waals surface area contributed by atoms with Crippen LogP contribution >= 0.6 is 11.3 Å². The van der Waals surface area contributed by atoms with Crippen LogP contribution in [0.3, 0.4) is 0 Å². The Hall–Kier alpha value is -0.890. The Bertz CT molecular complexity index is 390. The molecule has 2 rings (SSSR count). The van der Waals surface area contributed by atoms with Gasteiger partial charge in [-0.2, -0.15) is 0 Å². The van der Waals surface area contributed by atoms with E-state index < -0.39 is 0 Å². The first-order valence-corrected chi connectivity index (χ1v) is 5.98. The van der Waals surface area contributed by atoms with Crippen molar-refractivity contribution >= 4 is 21.6 Å². The Balaban J connectivity index is 0.000000461. The maximum atomic E-state index is 4.24. The molecule has 1 nitrogen and oxygen atoms in total. The van der Waals surface area contributed by atoms with Crippen LogP contribution in [-0.4, -0.2) is 4.98 Å². The molecule has 1 aromatic carbocycles. The lowest BCUT2D eigenvalue weighted by atomic mass is 10.0. The number of hydrogen-bond donors (Lipinski definition) is 0. The molecule has 2 aromatic rings. The van der Waals surface area contributed by atoms with Crippen molar-refractivity contribution in [3.63, 3.8) is 0 Å². The van der Waals surface area contributed by atoms with Crippen LogP contribution in [0, 0.1) is 0 Å². The molecule has 0 aliphatic heterocycles. The fourth-order valence-electron chi connectivity index (χ4n) is 1.23. The predicted molar refractivity (Wildman–Crippen MR) is 65.1 cm³/mol. The fourth-order valence-corrected chi connectivity index (χ4v) is 1.96. The zero-order chi connectivity index (χ0) is 10.6. The first-order valence-electron chi connectivity index (χ1n) is 5.10. The average molecular weight is 207 g/mol. The summed E-state index contributed by atoms with van der Waals surface area (Å²) in [6, 6.07) is 6.49. The summed E-state index contributed by atoms with van der Waals surface area (Å²) in [5.41, 5.74) is 4.41. The highest BCUT2D eigenvalue weighted by molar-refractivity contribution is 7.16. The highest BCUT2D eigenvalue weighted by Crippen LogP contribution is 2.23. The molecule has 0 atom stereocenters. The second-order valence-electron chi connectivity index (χ2n) is 3.23. The molecule has 0 radical (unpaired) electrons. The Kier molecular flexibility index (Phi) is 4.08. The molecule has 0 saturated heterocycles. The number of rotatable bonds is 1. The predicted octanol–water partition coefficient (Wildman–Crippen LogP) is 4.45. The average Bonchev–Trinajstić information content (AvgIpc) is 2.67. The minimum atomic E-state index is 0.608. The first-order chi connectivity index (χ1) is 6.77. The maximum Gasteiger partial charge on any atom is 0.0812 e. The number of benzene rings is 1. The summed E-state index contributed by atoms with van der Waals surface area (Å²) in [6.45, 7) is 8.42. The van der Waals surface area contributed by atoms with Crippen LogP contribution in [0.1, 0.15) is 39.2 Å². The van der Waals surface area contributed by atoms with Gasteiger partial charge in [-0.1, -0.05) is 33.8 Å². The van der Waals surface area contributed by atoms with Crippen LogP contribution in [-0.2, 0) is 0 Å². The molecule has 0 aliphatic rings. The highest BCUT2D eigenvalue weighted by Gasteiger charge is 2.01. The molecule has 0 bridgehead atoms. The summed E-state index contributed by atoms with van der Waals surface area (Å²) < 4.78 is 1.29. The summed E-state index contributed by atoms with van der Waals surface area (Å²) in [6.07, 6.45) is 0. The summed E-state index contributed by atoms with van der Waals surface area (Å²) in [7, 11) is 0. The van der Waals surface area contributed by atoms with E-state index in [1.54, 1.807) is 11.3 Å². The monoisotopic (exact) mass is 207 g/mol. The van der Waals surface area contributed by atoms with E-state index in [-0.39, 0.29) is 0 Å². The van der Waals surface area contributed by atoms with Crippen molar-refractivity contribution in [1.29, 1.82) is 0 Å². The molecule has 1 aromatic heterocycles. The molecule has 2 heteroatoms. The summed E-state index contributed by atoms with van der Waals surface area (Å²) in [5.74, 6) is 0.608. The normalized spacial score (nSPS) is 10.1. The molecule has 0 aliphatic carbocycles. The van der Waals surface area contributed by atoms with Gasteiger partial charge in [-0.3, -0.25) is 0 Å². The van der Waals surface area contributed by atoms with E-state index in [2.05, 4.69) is 37.0 Å². The second kappa shape index (κ2) is 5.11.